The summed E-state index contributed by atoms with van der Waals surface area (Å²) < 4.78 is 11.9. The molecule has 0 aliphatic carbocycles. The summed E-state index contributed by atoms with van der Waals surface area (Å²) in [5, 5.41) is 10.6. The van der Waals surface area contributed by atoms with Crippen LogP contribution < -0.4 is 0 Å². The Bertz CT molecular complexity index is 1010. The van der Waals surface area contributed by atoms with Gasteiger partial charge in [-0.15, -0.1) is 0 Å². The van der Waals surface area contributed by atoms with Gasteiger partial charge in [0.25, 0.3) is 0 Å². The van der Waals surface area contributed by atoms with Gasteiger partial charge in [0.1, 0.15) is 6.04 Å². The Hall–Kier alpha value is -3.06. The second kappa shape index (κ2) is 7.75. The zero-order chi connectivity index (χ0) is 20.5. The molecular formula is C22H24N2O5. The van der Waals surface area contributed by atoms with Crippen LogP contribution in [0.5, 0.6) is 0 Å². The number of rotatable bonds is 5. The number of hydrogen-bond donors (Lipinski definition) is 1. The van der Waals surface area contributed by atoms with Crippen molar-refractivity contribution in [2.24, 2.45) is 5.92 Å². The molecule has 7 heteroatoms. The zero-order valence-electron chi connectivity index (χ0n) is 16.4. The van der Waals surface area contributed by atoms with Crippen molar-refractivity contribution >= 4 is 22.8 Å². The maximum Gasteiger partial charge on any atom is 0.330 e. The van der Waals surface area contributed by atoms with Gasteiger partial charge in [-0.3, -0.25) is 0 Å². The van der Waals surface area contributed by atoms with Crippen LogP contribution >= 0.6 is 0 Å². The number of allylic oxidation sites excluding steroid dienone is 2. The van der Waals surface area contributed by atoms with Crippen molar-refractivity contribution in [3.63, 3.8) is 0 Å². The van der Waals surface area contributed by atoms with E-state index in [1.165, 1.54) is 20.3 Å². The molecule has 0 amide bonds. The molecule has 1 N–H and O–H groups in total. The quantitative estimate of drug-likeness (QED) is 0.617. The van der Waals surface area contributed by atoms with Crippen molar-refractivity contribution in [3.05, 3.63) is 60.0 Å². The van der Waals surface area contributed by atoms with Crippen molar-refractivity contribution in [3.8, 4) is 0 Å². The predicted molar refractivity (Wildman–Crippen MR) is 107 cm³/mol. The molecule has 0 saturated heterocycles. The average Bonchev–Trinajstić information content (AvgIpc) is 3.13. The number of methoxy groups -OCH3 is 2. The predicted octanol–water partition coefficient (Wildman–Crippen LogP) is 2.34. The number of aromatic nitrogens is 1. The van der Waals surface area contributed by atoms with Gasteiger partial charge in [-0.2, -0.15) is 0 Å². The summed E-state index contributed by atoms with van der Waals surface area (Å²) in [4.78, 5) is 26.6. The minimum absolute atomic E-state index is 0.00627. The van der Waals surface area contributed by atoms with E-state index in [-0.39, 0.29) is 24.5 Å². The van der Waals surface area contributed by atoms with Crippen molar-refractivity contribution in [1.29, 1.82) is 0 Å². The van der Waals surface area contributed by atoms with Gasteiger partial charge in [-0.25, -0.2) is 9.59 Å². The molecule has 0 radical (unpaired) electrons. The summed E-state index contributed by atoms with van der Waals surface area (Å²) in [6.45, 7) is 0.462. The number of hydrogen-bond acceptors (Lipinski definition) is 6. The van der Waals surface area contributed by atoms with Crippen LogP contribution in [0, 0.1) is 5.92 Å². The van der Waals surface area contributed by atoms with Crippen LogP contribution in [0.25, 0.3) is 10.9 Å². The first kappa shape index (κ1) is 19.3. The first-order chi connectivity index (χ1) is 14.1. The highest BCUT2D eigenvalue weighted by atomic mass is 16.5. The molecule has 152 valence electrons. The first-order valence-corrected chi connectivity index (χ1v) is 9.61. The molecule has 1 aromatic heterocycles. The second-order valence-electron chi connectivity index (χ2n) is 7.27. The summed E-state index contributed by atoms with van der Waals surface area (Å²) >= 11 is 0. The van der Waals surface area contributed by atoms with Crippen molar-refractivity contribution in [1.82, 2.24) is 9.47 Å². The lowest BCUT2D eigenvalue weighted by molar-refractivity contribution is -0.147. The SMILES string of the molecule is COC(=O)/C=C/C1=CN(CCO)[C@H]2C[C@@H]1[C@H](C(=O)OC)n1c2cc2ccccc21. The molecule has 7 nitrogen and oxygen atoms in total. The Morgan fingerprint density at radius 1 is 1.24 bits per heavy atom. The number of carbonyl (C=O) groups is 2. The summed E-state index contributed by atoms with van der Waals surface area (Å²) in [5.41, 5.74) is 2.83. The van der Waals surface area contributed by atoms with Crippen LogP contribution in [0.15, 0.2) is 54.3 Å². The molecule has 2 bridgehead atoms. The monoisotopic (exact) mass is 396 g/mol. The van der Waals surface area contributed by atoms with Crippen molar-refractivity contribution < 1.29 is 24.2 Å². The lowest BCUT2D eigenvalue weighted by atomic mass is 9.78. The fourth-order valence-electron chi connectivity index (χ4n) is 4.56. The van der Waals surface area contributed by atoms with E-state index in [1.807, 2.05) is 30.5 Å². The third kappa shape index (κ3) is 3.21. The van der Waals surface area contributed by atoms with E-state index in [0.29, 0.717) is 13.0 Å². The van der Waals surface area contributed by atoms with E-state index >= 15 is 0 Å². The molecule has 2 aliphatic rings. The molecule has 3 atom stereocenters. The van der Waals surface area contributed by atoms with Crippen LogP contribution in [0.1, 0.15) is 24.2 Å². The molecule has 0 spiro atoms. The van der Waals surface area contributed by atoms with Gasteiger partial charge < -0.3 is 24.0 Å². The van der Waals surface area contributed by atoms with E-state index in [2.05, 4.69) is 15.5 Å². The van der Waals surface area contributed by atoms with Crippen LogP contribution in [0.4, 0.5) is 0 Å². The molecule has 1 aromatic carbocycles. The standard InChI is InChI=1S/C22H24N2O5/c1-28-20(26)8-7-15-13-23(9-10-25)18-12-16(15)21(22(27)29-2)24-17-6-4-3-5-14(17)11-19(18)24/h3-8,11,13,16,18,21,25H,9-10,12H2,1-2H3/b8-7+/t16-,18-,21+/m0/s1. The number of aliphatic hydroxyl groups excluding tert-OH is 1. The van der Waals surface area contributed by atoms with Gasteiger partial charge in [0.2, 0.25) is 0 Å². The second-order valence-corrected chi connectivity index (χ2v) is 7.27. The molecule has 0 fully saturated rings. The number of para-hydroxylation sites is 1. The van der Waals surface area contributed by atoms with Crippen LogP contribution in [0.3, 0.4) is 0 Å². The zero-order valence-corrected chi connectivity index (χ0v) is 16.4. The van der Waals surface area contributed by atoms with Crippen molar-refractivity contribution in [2.75, 3.05) is 27.4 Å². The first-order valence-electron chi connectivity index (χ1n) is 9.61. The third-order valence-corrected chi connectivity index (χ3v) is 5.81. The summed E-state index contributed by atoms with van der Waals surface area (Å²) in [6.07, 6.45) is 5.68. The molecule has 3 heterocycles. The van der Waals surface area contributed by atoms with E-state index in [4.69, 9.17) is 9.47 Å². The maximum absolute atomic E-state index is 12.9. The molecule has 29 heavy (non-hydrogen) atoms. The topological polar surface area (TPSA) is 81.0 Å². The Labute approximate surface area is 168 Å². The third-order valence-electron chi connectivity index (χ3n) is 5.81. The largest absolute Gasteiger partial charge is 0.467 e. The number of carbonyl (C=O) groups excluding carboxylic acids is 2. The fourth-order valence-corrected chi connectivity index (χ4v) is 4.56. The number of benzene rings is 1. The van der Waals surface area contributed by atoms with Crippen molar-refractivity contribution in [2.45, 2.75) is 18.5 Å². The van der Waals surface area contributed by atoms with E-state index in [0.717, 1.165) is 22.2 Å². The van der Waals surface area contributed by atoms with Crippen LogP contribution in [0.2, 0.25) is 0 Å². The Balaban J connectivity index is 1.89. The summed E-state index contributed by atoms with van der Waals surface area (Å²) in [7, 11) is 2.72. The lowest BCUT2D eigenvalue weighted by Gasteiger charge is -2.46. The van der Waals surface area contributed by atoms with E-state index < -0.39 is 12.0 Å². The maximum atomic E-state index is 12.9. The Morgan fingerprint density at radius 3 is 2.76 bits per heavy atom. The lowest BCUT2D eigenvalue weighted by Crippen LogP contribution is -2.44. The van der Waals surface area contributed by atoms with Gasteiger partial charge in [0.15, 0.2) is 0 Å². The van der Waals surface area contributed by atoms with Gasteiger partial charge in [0, 0.05) is 35.9 Å². The number of esters is 2. The highest BCUT2D eigenvalue weighted by Crippen LogP contribution is 2.49. The van der Waals surface area contributed by atoms with E-state index in [1.54, 1.807) is 6.08 Å². The molecule has 2 aliphatic heterocycles. The number of fused-ring (bicyclic) bond motifs is 6. The smallest absolute Gasteiger partial charge is 0.330 e. The van der Waals surface area contributed by atoms with Gasteiger partial charge in [0.05, 0.1) is 26.9 Å². The molecule has 4 rings (SSSR count). The summed E-state index contributed by atoms with van der Waals surface area (Å²) in [6, 6.07) is 9.56. The number of aliphatic hydroxyl groups is 1. The van der Waals surface area contributed by atoms with Crippen LogP contribution in [-0.2, 0) is 19.1 Å². The summed E-state index contributed by atoms with van der Waals surface area (Å²) in [5.74, 6) is -0.935. The minimum Gasteiger partial charge on any atom is -0.467 e. The molecule has 0 saturated carbocycles. The van der Waals surface area contributed by atoms with Gasteiger partial charge in [-0.1, -0.05) is 18.2 Å². The fraction of sp³-hybridized carbons (Fsp3) is 0.364. The van der Waals surface area contributed by atoms with E-state index in [9.17, 15) is 14.7 Å². The number of β-amino-alcohol motifs (C(OH)–C–C–N with tert-alkyl or cyclic N) is 1. The highest BCUT2D eigenvalue weighted by molar-refractivity contribution is 5.86. The molecule has 2 aromatic rings. The van der Waals surface area contributed by atoms with Gasteiger partial charge >= 0.3 is 11.9 Å². The van der Waals surface area contributed by atoms with Crippen LogP contribution in [-0.4, -0.2) is 53.9 Å². The minimum atomic E-state index is -0.532. The van der Waals surface area contributed by atoms with Gasteiger partial charge in [-0.05, 0) is 35.6 Å². The number of ether oxygens (including phenoxy) is 2. The Morgan fingerprint density at radius 2 is 2.03 bits per heavy atom. The molecule has 0 unspecified atom stereocenters. The number of nitrogens with zero attached hydrogens (tertiary/aromatic N) is 2. The normalized spacial score (nSPS) is 23.1. The highest BCUT2D eigenvalue weighted by Gasteiger charge is 2.45. The Kier molecular flexibility index (Phi) is 5.15. The average molecular weight is 396 g/mol. The molecular weight excluding hydrogens is 372 g/mol.